The fourth-order valence-corrected chi connectivity index (χ4v) is 2.18. The zero-order valence-electron chi connectivity index (χ0n) is 12.4. The fraction of sp³-hybridized carbons (Fsp3) is 0.625. The molecule has 3 heteroatoms. The predicted octanol–water partition coefficient (Wildman–Crippen LogP) is 3.14. The zero-order valence-corrected chi connectivity index (χ0v) is 12.4. The molecule has 1 aromatic rings. The molecule has 0 bridgehead atoms. The van der Waals surface area contributed by atoms with E-state index in [9.17, 15) is 9.50 Å². The molecule has 1 aromatic carbocycles. The normalized spacial score (nSPS) is 15.3. The summed E-state index contributed by atoms with van der Waals surface area (Å²) in [5.74, 6) is -0.161. The molecule has 0 aliphatic heterocycles. The first-order valence-electron chi connectivity index (χ1n) is 6.93. The quantitative estimate of drug-likeness (QED) is 0.830. The van der Waals surface area contributed by atoms with Crippen LogP contribution in [0.4, 0.5) is 4.39 Å². The van der Waals surface area contributed by atoms with E-state index in [2.05, 4.69) is 26.1 Å². The summed E-state index contributed by atoms with van der Waals surface area (Å²) in [6.45, 7) is 8.89. The second-order valence-electron chi connectivity index (χ2n) is 6.52. The monoisotopic (exact) mass is 267 g/mol. The standard InChI is InChI=1S/C16H26FNO/c1-12(9-13-7-5-6-8-15(13)17)18-11-14(19)10-16(2,3)4/h5-8,12,14,18-19H,9-11H2,1-4H3. The van der Waals surface area contributed by atoms with Gasteiger partial charge in [0, 0.05) is 12.6 Å². The molecule has 0 saturated heterocycles. The molecule has 0 aromatic heterocycles. The van der Waals surface area contributed by atoms with Crippen LogP contribution in [0.2, 0.25) is 0 Å². The van der Waals surface area contributed by atoms with E-state index in [0.717, 1.165) is 6.42 Å². The van der Waals surface area contributed by atoms with Gasteiger partial charge in [-0.15, -0.1) is 0 Å². The lowest BCUT2D eigenvalue weighted by Crippen LogP contribution is -2.36. The van der Waals surface area contributed by atoms with Gasteiger partial charge in [0.05, 0.1) is 6.10 Å². The minimum atomic E-state index is -0.358. The Hall–Kier alpha value is -0.930. The summed E-state index contributed by atoms with van der Waals surface area (Å²) >= 11 is 0. The highest BCUT2D eigenvalue weighted by molar-refractivity contribution is 5.18. The van der Waals surface area contributed by atoms with Crippen molar-refractivity contribution in [3.05, 3.63) is 35.6 Å². The molecule has 19 heavy (non-hydrogen) atoms. The molecule has 0 heterocycles. The van der Waals surface area contributed by atoms with Gasteiger partial charge in [-0.2, -0.15) is 0 Å². The lowest BCUT2D eigenvalue weighted by molar-refractivity contribution is 0.117. The third kappa shape index (κ3) is 6.69. The van der Waals surface area contributed by atoms with Crippen LogP contribution in [0.1, 0.15) is 39.7 Å². The Balaban J connectivity index is 2.36. The molecular weight excluding hydrogens is 241 g/mol. The summed E-state index contributed by atoms with van der Waals surface area (Å²) in [5, 5.41) is 13.2. The van der Waals surface area contributed by atoms with Gasteiger partial charge in [0.15, 0.2) is 0 Å². The van der Waals surface area contributed by atoms with Crippen molar-refractivity contribution in [2.45, 2.75) is 52.7 Å². The maximum atomic E-state index is 13.5. The van der Waals surface area contributed by atoms with Gasteiger partial charge in [-0.1, -0.05) is 39.0 Å². The van der Waals surface area contributed by atoms with Gasteiger partial charge in [0.25, 0.3) is 0 Å². The maximum absolute atomic E-state index is 13.5. The Bertz CT molecular complexity index is 387. The third-order valence-electron chi connectivity index (χ3n) is 3.03. The Morgan fingerprint density at radius 2 is 1.89 bits per heavy atom. The SMILES string of the molecule is CC(Cc1ccccc1F)NCC(O)CC(C)(C)C. The van der Waals surface area contributed by atoms with E-state index in [0.29, 0.717) is 18.5 Å². The first-order valence-corrected chi connectivity index (χ1v) is 6.93. The zero-order chi connectivity index (χ0) is 14.5. The number of benzene rings is 1. The van der Waals surface area contributed by atoms with Crippen LogP contribution in [0.25, 0.3) is 0 Å². The number of nitrogens with one attached hydrogen (secondary N) is 1. The summed E-state index contributed by atoms with van der Waals surface area (Å²) in [7, 11) is 0. The van der Waals surface area contributed by atoms with E-state index in [-0.39, 0.29) is 23.4 Å². The topological polar surface area (TPSA) is 32.3 Å². The number of hydrogen-bond donors (Lipinski definition) is 2. The van der Waals surface area contributed by atoms with Gasteiger partial charge < -0.3 is 10.4 Å². The second kappa shape index (κ2) is 7.01. The summed E-state index contributed by atoms with van der Waals surface area (Å²) in [6.07, 6.45) is 1.03. The summed E-state index contributed by atoms with van der Waals surface area (Å²) in [6, 6.07) is 6.98. The average Bonchev–Trinajstić information content (AvgIpc) is 2.27. The van der Waals surface area contributed by atoms with Crippen molar-refractivity contribution in [3.63, 3.8) is 0 Å². The third-order valence-corrected chi connectivity index (χ3v) is 3.03. The van der Waals surface area contributed by atoms with E-state index >= 15 is 0 Å². The molecule has 0 radical (unpaired) electrons. The molecule has 0 fully saturated rings. The van der Waals surface area contributed by atoms with Crippen LogP contribution < -0.4 is 5.32 Å². The Morgan fingerprint density at radius 1 is 1.26 bits per heavy atom. The van der Waals surface area contributed by atoms with Crippen molar-refractivity contribution in [3.8, 4) is 0 Å². The van der Waals surface area contributed by atoms with Crippen LogP contribution in [0.3, 0.4) is 0 Å². The molecule has 0 amide bonds. The first-order chi connectivity index (χ1) is 8.78. The largest absolute Gasteiger partial charge is 0.392 e. The molecule has 0 saturated carbocycles. The highest BCUT2D eigenvalue weighted by Gasteiger charge is 2.17. The summed E-state index contributed by atoms with van der Waals surface area (Å²) < 4.78 is 13.5. The highest BCUT2D eigenvalue weighted by atomic mass is 19.1. The number of hydrogen-bond acceptors (Lipinski definition) is 2. The minimum absolute atomic E-state index is 0.121. The number of aliphatic hydroxyl groups excluding tert-OH is 1. The van der Waals surface area contributed by atoms with Gasteiger partial charge in [-0.25, -0.2) is 4.39 Å². The maximum Gasteiger partial charge on any atom is 0.126 e. The molecule has 0 spiro atoms. The van der Waals surface area contributed by atoms with E-state index in [1.165, 1.54) is 6.07 Å². The molecule has 2 N–H and O–H groups in total. The second-order valence-corrected chi connectivity index (χ2v) is 6.52. The molecule has 2 atom stereocenters. The van der Waals surface area contributed by atoms with Crippen LogP contribution in [0.5, 0.6) is 0 Å². The minimum Gasteiger partial charge on any atom is -0.392 e. The summed E-state index contributed by atoms with van der Waals surface area (Å²) in [4.78, 5) is 0. The van der Waals surface area contributed by atoms with Gasteiger partial charge in [-0.05, 0) is 36.8 Å². The van der Waals surface area contributed by atoms with Crippen molar-refractivity contribution < 1.29 is 9.50 Å². The van der Waals surface area contributed by atoms with Crippen LogP contribution in [-0.2, 0) is 6.42 Å². The van der Waals surface area contributed by atoms with Gasteiger partial charge in [-0.3, -0.25) is 0 Å². The molecule has 2 unspecified atom stereocenters. The van der Waals surface area contributed by atoms with Crippen molar-refractivity contribution in [1.82, 2.24) is 5.32 Å². The molecular formula is C16H26FNO. The van der Waals surface area contributed by atoms with E-state index in [4.69, 9.17) is 0 Å². The molecule has 1 rings (SSSR count). The van der Waals surface area contributed by atoms with E-state index in [1.54, 1.807) is 12.1 Å². The van der Waals surface area contributed by atoms with Crippen LogP contribution >= 0.6 is 0 Å². The van der Waals surface area contributed by atoms with Crippen molar-refractivity contribution in [1.29, 1.82) is 0 Å². The highest BCUT2D eigenvalue weighted by Crippen LogP contribution is 2.20. The van der Waals surface area contributed by atoms with Crippen LogP contribution in [0.15, 0.2) is 24.3 Å². The Labute approximate surface area is 116 Å². The van der Waals surface area contributed by atoms with E-state index in [1.807, 2.05) is 13.0 Å². The van der Waals surface area contributed by atoms with Gasteiger partial charge in [0.1, 0.15) is 5.82 Å². The van der Waals surface area contributed by atoms with Gasteiger partial charge >= 0.3 is 0 Å². The lowest BCUT2D eigenvalue weighted by Gasteiger charge is -2.24. The summed E-state index contributed by atoms with van der Waals surface area (Å²) in [5.41, 5.74) is 0.836. The van der Waals surface area contributed by atoms with Crippen molar-refractivity contribution in [2.24, 2.45) is 5.41 Å². The molecule has 0 aliphatic carbocycles. The number of rotatable bonds is 6. The van der Waals surface area contributed by atoms with Gasteiger partial charge in [0.2, 0.25) is 0 Å². The first kappa shape index (κ1) is 16.1. The number of aliphatic hydroxyl groups is 1. The van der Waals surface area contributed by atoms with Crippen molar-refractivity contribution in [2.75, 3.05) is 6.54 Å². The predicted molar refractivity (Wildman–Crippen MR) is 77.6 cm³/mol. The lowest BCUT2D eigenvalue weighted by atomic mass is 9.89. The number of halogens is 1. The molecule has 2 nitrogen and oxygen atoms in total. The smallest absolute Gasteiger partial charge is 0.126 e. The van der Waals surface area contributed by atoms with E-state index < -0.39 is 0 Å². The molecule has 108 valence electrons. The molecule has 0 aliphatic rings. The Morgan fingerprint density at radius 3 is 2.47 bits per heavy atom. The average molecular weight is 267 g/mol. The van der Waals surface area contributed by atoms with Crippen LogP contribution in [0, 0.1) is 11.2 Å². The van der Waals surface area contributed by atoms with Crippen LogP contribution in [-0.4, -0.2) is 23.8 Å². The van der Waals surface area contributed by atoms with Crippen molar-refractivity contribution >= 4 is 0 Å². The fourth-order valence-electron chi connectivity index (χ4n) is 2.18. The Kier molecular flexibility index (Phi) is 5.95.